The summed E-state index contributed by atoms with van der Waals surface area (Å²) in [5.74, 6) is -4.99. The van der Waals surface area contributed by atoms with E-state index in [1.807, 2.05) is 13.8 Å². The van der Waals surface area contributed by atoms with Crippen LogP contribution >= 0.6 is 0 Å². The molecule has 0 saturated heterocycles. The van der Waals surface area contributed by atoms with Gasteiger partial charge in [-0.3, -0.25) is 9.59 Å². The molecular weight excluding hydrogens is 434 g/mol. The summed E-state index contributed by atoms with van der Waals surface area (Å²) in [6, 6.07) is 0. The van der Waals surface area contributed by atoms with Gasteiger partial charge in [0.2, 0.25) is 0 Å². The highest BCUT2D eigenvalue weighted by molar-refractivity contribution is 5.70. The monoisotopic (exact) mass is 483 g/mol. The van der Waals surface area contributed by atoms with E-state index < -0.39 is 35.7 Å². The minimum absolute atomic E-state index is 0.203. The van der Waals surface area contributed by atoms with Crippen molar-refractivity contribution in [2.45, 2.75) is 98.3 Å². The maximum atomic E-state index is 11.9. The zero-order chi connectivity index (χ0) is 26.0. The number of carboxylic acids is 3. The molecule has 0 aromatic carbocycles. The molecule has 0 spiro atoms. The third-order valence-electron chi connectivity index (χ3n) is 6.98. The largest absolute Gasteiger partial charge is 0.550 e. The molecule has 0 bridgehead atoms. The van der Waals surface area contributed by atoms with Crippen LogP contribution in [0.15, 0.2) is 12.2 Å². The van der Waals surface area contributed by atoms with Crippen LogP contribution in [0.25, 0.3) is 0 Å². The number of carboxylic acid groups (broad SMARTS) is 3. The van der Waals surface area contributed by atoms with Crippen molar-refractivity contribution in [1.29, 1.82) is 0 Å². The van der Waals surface area contributed by atoms with Gasteiger partial charge in [0.25, 0.3) is 0 Å². The number of rotatable bonds is 22. The predicted molar refractivity (Wildman–Crippen MR) is 133 cm³/mol. The number of unbranched alkanes of at least 4 members (excludes halogenated alkanes) is 6. The van der Waals surface area contributed by atoms with Crippen molar-refractivity contribution in [2.75, 3.05) is 26.2 Å². The molecule has 2 N–H and O–H groups in total. The summed E-state index contributed by atoms with van der Waals surface area (Å²) in [6.07, 6.45) is 14.2. The van der Waals surface area contributed by atoms with Crippen LogP contribution < -0.4 is 5.11 Å². The fraction of sp³-hybridized carbons (Fsp3) is 0.815. The SMILES string of the molecule is CCCCC/C=C/CCCCC[N+](CC(CC)C(=O)[O-])(CC(CC)C(=O)O)CC(CC)C(=O)O. The number of carbonyl (C=O) groups excluding carboxylic acids is 1. The van der Waals surface area contributed by atoms with Crippen molar-refractivity contribution in [3.05, 3.63) is 12.2 Å². The zero-order valence-electron chi connectivity index (χ0n) is 22.0. The quantitative estimate of drug-likeness (QED) is 0.133. The molecule has 7 heteroatoms. The lowest BCUT2D eigenvalue weighted by Crippen LogP contribution is -2.59. The molecule has 0 radical (unpaired) electrons. The maximum absolute atomic E-state index is 11.9. The molecule has 0 heterocycles. The van der Waals surface area contributed by atoms with E-state index in [4.69, 9.17) is 0 Å². The molecule has 0 aliphatic rings. The molecule has 0 amide bonds. The van der Waals surface area contributed by atoms with Gasteiger partial charge in [-0.2, -0.15) is 0 Å². The third kappa shape index (κ3) is 13.1. The molecule has 198 valence electrons. The average Bonchev–Trinajstić information content (AvgIpc) is 2.79. The summed E-state index contributed by atoms with van der Waals surface area (Å²) in [6.45, 7) is 8.88. The van der Waals surface area contributed by atoms with Gasteiger partial charge in [0.1, 0.15) is 11.8 Å². The summed E-state index contributed by atoms with van der Waals surface area (Å²) in [5, 5.41) is 31.2. The molecule has 0 saturated carbocycles. The van der Waals surface area contributed by atoms with E-state index in [9.17, 15) is 29.7 Å². The molecule has 34 heavy (non-hydrogen) atoms. The molecule has 0 aliphatic carbocycles. The first-order valence-corrected chi connectivity index (χ1v) is 13.3. The molecule has 7 nitrogen and oxygen atoms in total. The van der Waals surface area contributed by atoms with E-state index in [1.165, 1.54) is 19.3 Å². The second-order valence-corrected chi connectivity index (χ2v) is 9.74. The van der Waals surface area contributed by atoms with Gasteiger partial charge >= 0.3 is 11.9 Å². The number of hydrogen-bond donors (Lipinski definition) is 2. The van der Waals surface area contributed by atoms with Crippen molar-refractivity contribution in [2.24, 2.45) is 17.8 Å². The first kappa shape index (κ1) is 32.1. The minimum Gasteiger partial charge on any atom is -0.550 e. The molecule has 3 atom stereocenters. The predicted octanol–water partition coefficient (Wildman–Crippen LogP) is 4.50. The number of allylic oxidation sites excluding steroid dienone is 2. The Morgan fingerprint density at radius 3 is 1.53 bits per heavy atom. The number of aliphatic carboxylic acids is 3. The van der Waals surface area contributed by atoms with Crippen molar-refractivity contribution >= 4 is 17.9 Å². The van der Waals surface area contributed by atoms with E-state index in [0.717, 1.165) is 32.1 Å². The van der Waals surface area contributed by atoms with Crippen molar-refractivity contribution in [3.63, 3.8) is 0 Å². The Morgan fingerprint density at radius 2 is 1.15 bits per heavy atom. The van der Waals surface area contributed by atoms with Gasteiger partial charge in [-0.15, -0.1) is 0 Å². The van der Waals surface area contributed by atoms with Crippen molar-refractivity contribution in [1.82, 2.24) is 0 Å². The Hall–Kier alpha value is -1.89. The van der Waals surface area contributed by atoms with Gasteiger partial charge in [-0.05, 0) is 57.8 Å². The summed E-state index contributed by atoms with van der Waals surface area (Å²) in [4.78, 5) is 35.5. The van der Waals surface area contributed by atoms with Gasteiger partial charge in [0.15, 0.2) is 0 Å². The van der Waals surface area contributed by atoms with Crippen LogP contribution in [0.1, 0.15) is 98.3 Å². The summed E-state index contributed by atoms with van der Waals surface area (Å²) in [7, 11) is 0. The van der Waals surface area contributed by atoms with E-state index in [1.54, 1.807) is 6.92 Å². The molecule has 0 aromatic heterocycles. The fourth-order valence-electron chi connectivity index (χ4n) is 4.67. The van der Waals surface area contributed by atoms with Crippen LogP contribution in [0, 0.1) is 17.8 Å². The van der Waals surface area contributed by atoms with E-state index in [0.29, 0.717) is 25.8 Å². The van der Waals surface area contributed by atoms with Crippen LogP contribution in [0.4, 0.5) is 0 Å². The second-order valence-electron chi connectivity index (χ2n) is 9.74. The maximum Gasteiger partial charge on any atom is 0.312 e. The van der Waals surface area contributed by atoms with Crippen LogP contribution in [0.5, 0.6) is 0 Å². The lowest BCUT2D eigenvalue weighted by Gasteiger charge is -2.44. The highest BCUT2D eigenvalue weighted by Gasteiger charge is 2.39. The topological polar surface area (TPSA) is 115 Å². The Labute approximate surface area is 206 Å². The zero-order valence-corrected chi connectivity index (χ0v) is 22.0. The Bertz CT molecular complexity index is 558. The number of quaternary nitrogens is 1. The summed E-state index contributed by atoms with van der Waals surface area (Å²) in [5.41, 5.74) is 0. The fourth-order valence-corrected chi connectivity index (χ4v) is 4.67. The minimum atomic E-state index is -1.15. The summed E-state index contributed by atoms with van der Waals surface area (Å²) >= 11 is 0. The van der Waals surface area contributed by atoms with Crippen molar-refractivity contribution in [3.8, 4) is 0 Å². The summed E-state index contributed by atoms with van der Waals surface area (Å²) < 4.78 is 0.203. The standard InChI is InChI=1S/C27H49NO6/c1-5-9-10-11-12-13-14-15-16-17-18-28(19-22(6-2)25(29)30,20-23(7-3)26(31)32)21-24(8-4)27(33)34/h12-13,22-24H,5-11,14-21H2,1-4H3,(H2-,29,30,31,32,33,34)/b13-12+. The number of nitrogens with zero attached hydrogens (tertiary/aromatic N) is 1. The highest BCUT2D eigenvalue weighted by atomic mass is 16.4. The van der Waals surface area contributed by atoms with Gasteiger partial charge in [-0.1, -0.05) is 52.7 Å². The lowest BCUT2D eigenvalue weighted by atomic mass is 9.95. The number of carbonyl (C=O) groups is 3. The number of hydrogen-bond acceptors (Lipinski definition) is 4. The highest BCUT2D eigenvalue weighted by Crippen LogP contribution is 2.25. The first-order chi connectivity index (χ1) is 16.2. The van der Waals surface area contributed by atoms with Crippen molar-refractivity contribution < 1.29 is 34.2 Å². The van der Waals surface area contributed by atoms with Crippen LogP contribution in [0.2, 0.25) is 0 Å². The van der Waals surface area contributed by atoms with Crippen LogP contribution in [-0.2, 0) is 14.4 Å². The molecule has 0 fully saturated rings. The Balaban J connectivity index is 5.50. The Kier molecular flexibility index (Phi) is 17.4. The van der Waals surface area contributed by atoms with Gasteiger partial charge < -0.3 is 24.6 Å². The van der Waals surface area contributed by atoms with E-state index in [2.05, 4.69) is 19.1 Å². The van der Waals surface area contributed by atoms with Crippen LogP contribution in [0.3, 0.4) is 0 Å². The average molecular weight is 484 g/mol. The van der Waals surface area contributed by atoms with Gasteiger partial charge in [0, 0.05) is 5.92 Å². The molecule has 0 rings (SSSR count). The van der Waals surface area contributed by atoms with E-state index in [-0.39, 0.29) is 24.1 Å². The van der Waals surface area contributed by atoms with Gasteiger partial charge in [-0.25, -0.2) is 0 Å². The lowest BCUT2D eigenvalue weighted by molar-refractivity contribution is -0.935. The third-order valence-corrected chi connectivity index (χ3v) is 6.98. The molecule has 0 aromatic rings. The molecular formula is C27H49NO6. The molecule has 3 unspecified atom stereocenters. The molecule has 0 aliphatic heterocycles. The van der Waals surface area contributed by atoms with Crippen LogP contribution in [-0.4, -0.2) is 58.8 Å². The normalized spacial score (nSPS) is 16.1. The van der Waals surface area contributed by atoms with E-state index >= 15 is 0 Å². The Morgan fingerprint density at radius 1 is 0.706 bits per heavy atom. The van der Waals surface area contributed by atoms with Gasteiger partial charge in [0.05, 0.1) is 32.1 Å². The second kappa shape index (κ2) is 18.4. The first-order valence-electron chi connectivity index (χ1n) is 13.3. The smallest absolute Gasteiger partial charge is 0.312 e.